The van der Waals surface area contributed by atoms with E-state index in [1.54, 1.807) is 0 Å². The summed E-state index contributed by atoms with van der Waals surface area (Å²) < 4.78 is 26.7. The van der Waals surface area contributed by atoms with E-state index in [-0.39, 0.29) is 11.6 Å². The normalized spacial score (nSPS) is 24.5. The molecule has 1 aliphatic rings. The highest BCUT2D eigenvalue weighted by molar-refractivity contribution is 5.19. The Morgan fingerprint density at radius 1 is 1.11 bits per heavy atom. The van der Waals surface area contributed by atoms with Crippen molar-refractivity contribution >= 4 is 0 Å². The molecule has 100 valence electrons. The Bertz CT molecular complexity index is 390. The van der Waals surface area contributed by atoms with Crippen LogP contribution in [0, 0.1) is 29.4 Å². The van der Waals surface area contributed by atoms with E-state index in [1.807, 2.05) is 0 Å². The number of benzene rings is 1. The molecule has 0 saturated heterocycles. The maximum Gasteiger partial charge on any atom is 0.126 e. The maximum atomic E-state index is 13.6. The van der Waals surface area contributed by atoms with E-state index >= 15 is 0 Å². The van der Waals surface area contributed by atoms with E-state index in [2.05, 4.69) is 13.8 Å². The molecule has 0 atom stereocenters. The Labute approximate surface area is 108 Å². The van der Waals surface area contributed by atoms with Crippen LogP contribution in [0.25, 0.3) is 0 Å². The van der Waals surface area contributed by atoms with Crippen molar-refractivity contribution in [1.82, 2.24) is 0 Å². The van der Waals surface area contributed by atoms with Gasteiger partial charge in [-0.2, -0.15) is 0 Å². The molecule has 1 aromatic carbocycles. The first-order valence-electron chi connectivity index (χ1n) is 7.00. The van der Waals surface area contributed by atoms with Crippen LogP contribution in [0.15, 0.2) is 18.2 Å². The third-order valence-electron chi connectivity index (χ3n) is 4.35. The van der Waals surface area contributed by atoms with Crippen molar-refractivity contribution in [1.29, 1.82) is 0 Å². The fraction of sp³-hybridized carbons (Fsp3) is 0.625. The molecule has 18 heavy (non-hydrogen) atoms. The number of halogens is 2. The first kappa shape index (κ1) is 13.5. The summed E-state index contributed by atoms with van der Waals surface area (Å²) in [5.74, 6) is 1.50. The van der Waals surface area contributed by atoms with Gasteiger partial charge in [-0.3, -0.25) is 0 Å². The van der Waals surface area contributed by atoms with Crippen LogP contribution in [0.2, 0.25) is 0 Å². The third kappa shape index (κ3) is 3.30. The predicted molar refractivity (Wildman–Crippen MR) is 70.3 cm³/mol. The van der Waals surface area contributed by atoms with E-state index in [0.29, 0.717) is 17.9 Å². The molecule has 0 bridgehead atoms. The van der Waals surface area contributed by atoms with Gasteiger partial charge in [-0.05, 0) is 73.6 Å². The van der Waals surface area contributed by atoms with Crippen molar-refractivity contribution in [2.24, 2.45) is 17.8 Å². The van der Waals surface area contributed by atoms with Crippen LogP contribution < -0.4 is 0 Å². The molecule has 0 N–H and O–H groups in total. The van der Waals surface area contributed by atoms with Crippen molar-refractivity contribution in [3.63, 3.8) is 0 Å². The molecule has 0 nitrogen and oxygen atoms in total. The SMILES string of the molecule is CC(C)C1CCC(Cc2cc(F)ccc2F)CC1. The minimum absolute atomic E-state index is 0.262. The second-order valence-corrected chi connectivity index (χ2v) is 5.96. The Balaban J connectivity index is 1.93. The standard InChI is InChI=1S/C16H22F2/c1-11(2)13-5-3-12(4-6-13)9-14-10-15(17)7-8-16(14)18/h7-8,10-13H,3-6,9H2,1-2H3. The van der Waals surface area contributed by atoms with Crippen molar-refractivity contribution < 1.29 is 8.78 Å². The molecule has 2 heteroatoms. The minimum Gasteiger partial charge on any atom is -0.207 e. The smallest absolute Gasteiger partial charge is 0.126 e. The highest BCUT2D eigenvalue weighted by Gasteiger charge is 2.24. The lowest BCUT2D eigenvalue weighted by atomic mass is 9.75. The lowest BCUT2D eigenvalue weighted by molar-refractivity contribution is 0.222. The average Bonchev–Trinajstić information content (AvgIpc) is 2.34. The second-order valence-electron chi connectivity index (χ2n) is 5.96. The molecule has 0 radical (unpaired) electrons. The van der Waals surface area contributed by atoms with Crippen LogP contribution in [0.3, 0.4) is 0 Å². The van der Waals surface area contributed by atoms with Crippen molar-refractivity contribution in [2.45, 2.75) is 46.0 Å². The van der Waals surface area contributed by atoms with Crippen LogP contribution >= 0.6 is 0 Å². The van der Waals surface area contributed by atoms with E-state index < -0.39 is 0 Å². The van der Waals surface area contributed by atoms with Gasteiger partial charge in [0.15, 0.2) is 0 Å². The van der Waals surface area contributed by atoms with Gasteiger partial charge in [0, 0.05) is 0 Å². The van der Waals surface area contributed by atoms with Gasteiger partial charge in [0.2, 0.25) is 0 Å². The Morgan fingerprint density at radius 3 is 2.39 bits per heavy atom. The molecule has 0 amide bonds. The zero-order chi connectivity index (χ0) is 13.1. The summed E-state index contributed by atoms with van der Waals surface area (Å²) in [5, 5.41) is 0. The predicted octanol–water partition coefficient (Wildman–Crippen LogP) is 4.97. The number of rotatable bonds is 3. The minimum atomic E-state index is -0.331. The molecule has 0 heterocycles. The van der Waals surface area contributed by atoms with Crippen LogP contribution in [-0.4, -0.2) is 0 Å². The average molecular weight is 252 g/mol. The Hall–Kier alpha value is -0.920. The largest absolute Gasteiger partial charge is 0.207 e. The Kier molecular flexibility index (Phi) is 4.36. The summed E-state index contributed by atoms with van der Waals surface area (Å²) in [7, 11) is 0. The van der Waals surface area contributed by atoms with E-state index in [0.717, 1.165) is 24.7 Å². The van der Waals surface area contributed by atoms with E-state index in [4.69, 9.17) is 0 Å². The molecule has 0 spiro atoms. The van der Waals surface area contributed by atoms with Gasteiger partial charge in [0.05, 0.1) is 0 Å². The molecule has 1 fully saturated rings. The van der Waals surface area contributed by atoms with Crippen LogP contribution in [0.4, 0.5) is 8.78 Å². The maximum absolute atomic E-state index is 13.6. The fourth-order valence-electron chi connectivity index (χ4n) is 3.07. The molecular weight excluding hydrogens is 230 g/mol. The topological polar surface area (TPSA) is 0 Å². The lowest BCUT2D eigenvalue weighted by Gasteiger charge is -2.31. The second kappa shape index (κ2) is 5.81. The number of hydrogen-bond acceptors (Lipinski definition) is 0. The van der Waals surface area contributed by atoms with Gasteiger partial charge in [0.25, 0.3) is 0 Å². The lowest BCUT2D eigenvalue weighted by Crippen LogP contribution is -2.20. The van der Waals surface area contributed by atoms with Crippen molar-refractivity contribution in [2.75, 3.05) is 0 Å². The van der Waals surface area contributed by atoms with Gasteiger partial charge in [-0.15, -0.1) is 0 Å². The summed E-state index contributed by atoms with van der Waals surface area (Å²) in [6.45, 7) is 4.55. The molecule has 0 unspecified atom stereocenters. The third-order valence-corrected chi connectivity index (χ3v) is 4.35. The molecule has 1 aliphatic carbocycles. The fourth-order valence-corrected chi connectivity index (χ4v) is 3.07. The van der Waals surface area contributed by atoms with Crippen LogP contribution in [0.5, 0.6) is 0 Å². The van der Waals surface area contributed by atoms with Gasteiger partial charge in [-0.1, -0.05) is 13.8 Å². The van der Waals surface area contributed by atoms with Crippen molar-refractivity contribution in [3.8, 4) is 0 Å². The van der Waals surface area contributed by atoms with Gasteiger partial charge in [0.1, 0.15) is 11.6 Å². The van der Waals surface area contributed by atoms with Gasteiger partial charge < -0.3 is 0 Å². The molecule has 1 saturated carbocycles. The monoisotopic (exact) mass is 252 g/mol. The summed E-state index contributed by atoms with van der Waals surface area (Å²) in [5.41, 5.74) is 0.544. The van der Waals surface area contributed by atoms with Crippen molar-refractivity contribution in [3.05, 3.63) is 35.4 Å². The molecule has 0 aromatic heterocycles. The first-order chi connectivity index (χ1) is 8.56. The molecule has 1 aromatic rings. The molecular formula is C16H22F2. The number of hydrogen-bond donors (Lipinski definition) is 0. The van der Waals surface area contributed by atoms with Gasteiger partial charge in [-0.25, -0.2) is 8.78 Å². The summed E-state index contributed by atoms with van der Waals surface area (Å²) in [4.78, 5) is 0. The molecule has 2 rings (SSSR count). The zero-order valence-electron chi connectivity index (χ0n) is 11.3. The van der Waals surface area contributed by atoms with Gasteiger partial charge >= 0.3 is 0 Å². The van der Waals surface area contributed by atoms with Crippen LogP contribution in [0.1, 0.15) is 45.1 Å². The quantitative estimate of drug-likeness (QED) is 0.712. The summed E-state index contributed by atoms with van der Waals surface area (Å²) in [6, 6.07) is 3.78. The van der Waals surface area contributed by atoms with E-state index in [9.17, 15) is 8.78 Å². The molecule has 0 aliphatic heterocycles. The summed E-state index contributed by atoms with van der Waals surface area (Å²) in [6.07, 6.45) is 5.46. The zero-order valence-corrected chi connectivity index (χ0v) is 11.3. The highest BCUT2D eigenvalue weighted by Crippen LogP contribution is 2.35. The Morgan fingerprint density at radius 2 is 1.78 bits per heavy atom. The highest BCUT2D eigenvalue weighted by atomic mass is 19.1. The van der Waals surface area contributed by atoms with Crippen LogP contribution in [-0.2, 0) is 6.42 Å². The first-order valence-corrected chi connectivity index (χ1v) is 7.00. The summed E-state index contributed by atoms with van der Waals surface area (Å²) >= 11 is 0. The van der Waals surface area contributed by atoms with E-state index in [1.165, 1.54) is 31.0 Å².